The van der Waals surface area contributed by atoms with Crippen LogP contribution in [0.25, 0.3) is 0 Å². The lowest BCUT2D eigenvalue weighted by Crippen LogP contribution is -2.03. The second kappa shape index (κ2) is 4.62. The Morgan fingerprint density at radius 1 is 1.28 bits per heavy atom. The predicted molar refractivity (Wildman–Crippen MR) is 64.1 cm³/mol. The second-order valence-electron chi connectivity index (χ2n) is 3.27. The Morgan fingerprint density at radius 2 is 2.00 bits per heavy atom. The van der Waals surface area contributed by atoms with Crippen molar-refractivity contribution in [1.82, 2.24) is 10.2 Å². The molecule has 1 aromatic heterocycles. The van der Waals surface area contributed by atoms with E-state index in [9.17, 15) is 13.2 Å². The van der Waals surface area contributed by atoms with Crippen LogP contribution in [0.3, 0.4) is 0 Å². The molecule has 0 aliphatic rings. The lowest BCUT2D eigenvalue weighted by Gasteiger charge is -2.05. The summed E-state index contributed by atoms with van der Waals surface area (Å²) in [5.41, 5.74) is 6.35. The first-order valence-electron chi connectivity index (χ1n) is 4.59. The molecule has 1 heterocycles. The van der Waals surface area contributed by atoms with Crippen LogP contribution in [-0.2, 0) is 6.18 Å². The third-order valence-electron chi connectivity index (χ3n) is 1.90. The first kappa shape index (κ1) is 12.9. The van der Waals surface area contributed by atoms with E-state index < -0.39 is 11.2 Å². The number of nitrogen functional groups attached to an aromatic ring is 1. The summed E-state index contributed by atoms with van der Waals surface area (Å²) in [5, 5.41) is 8.37. The highest BCUT2D eigenvalue weighted by Crippen LogP contribution is 2.35. The summed E-state index contributed by atoms with van der Waals surface area (Å²) in [6.07, 6.45) is -4.50. The minimum atomic E-state index is -4.50. The molecular formula is C9H6ClF3N4S. The van der Waals surface area contributed by atoms with E-state index >= 15 is 0 Å². The van der Waals surface area contributed by atoms with E-state index in [2.05, 4.69) is 15.5 Å². The fraction of sp³-hybridized carbons (Fsp3) is 0.111. The number of nitrogens with zero attached hydrogens (tertiary/aromatic N) is 2. The maximum Gasteiger partial charge on any atom is 0.445 e. The molecule has 0 atom stereocenters. The fourth-order valence-electron chi connectivity index (χ4n) is 1.14. The molecule has 0 aliphatic heterocycles. The lowest BCUT2D eigenvalue weighted by molar-refractivity contribution is -0.138. The third kappa shape index (κ3) is 2.82. The molecule has 0 spiro atoms. The molecule has 0 unspecified atom stereocenters. The molecule has 0 saturated carbocycles. The van der Waals surface area contributed by atoms with Crippen LogP contribution < -0.4 is 11.1 Å². The maximum atomic E-state index is 12.3. The molecular weight excluding hydrogens is 289 g/mol. The van der Waals surface area contributed by atoms with E-state index in [1.165, 1.54) is 12.1 Å². The van der Waals surface area contributed by atoms with Crippen molar-refractivity contribution < 1.29 is 13.2 Å². The Morgan fingerprint density at radius 3 is 2.61 bits per heavy atom. The van der Waals surface area contributed by atoms with Gasteiger partial charge in [0.25, 0.3) is 0 Å². The number of nitrogens with one attached hydrogen (secondary N) is 1. The number of halogens is 4. The van der Waals surface area contributed by atoms with Crippen molar-refractivity contribution in [3.8, 4) is 0 Å². The second-order valence-corrected chi connectivity index (χ2v) is 4.66. The smallest absolute Gasteiger partial charge is 0.399 e. The van der Waals surface area contributed by atoms with Crippen LogP contribution in [-0.4, -0.2) is 10.2 Å². The maximum absolute atomic E-state index is 12.3. The number of nitrogens with two attached hydrogens (primary N) is 1. The van der Waals surface area contributed by atoms with Gasteiger partial charge in [0.05, 0.1) is 10.7 Å². The molecule has 18 heavy (non-hydrogen) atoms. The Balaban J connectivity index is 2.24. The van der Waals surface area contributed by atoms with Crippen LogP contribution >= 0.6 is 22.9 Å². The molecule has 96 valence electrons. The minimum Gasteiger partial charge on any atom is -0.399 e. The van der Waals surface area contributed by atoms with E-state index in [-0.39, 0.29) is 5.13 Å². The highest BCUT2D eigenvalue weighted by molar-refractivity contribution is 7.15. The predicted octanol–water partition coefficient (Wildman–Crippen LogP) is 3.54. The van der Waals surface area contributed by atoms with Gasteiger partial charge in [0, 0.05) is 5.69 Å². The highest BCUT2D eigenvalue weighted by Gasteiger charge is 2.35. The van der Waals surface area contributed by atoms with Gasteiger partial charge in [0.2, 0.25) is 10.1 Å². The zero-order chi connectivity index (χ0) is 13.3. The number of aromatic nitrogens is 2. The molecule has 0 saturated heterocycles. The average molecular weight is 295 g/mol. The standard InChI is InChI=1S/C9H6ClF3N4S/c10-5-2-1-4(14)3-6(5)15-8-17-16-7(18-8)9(11,12)13/h1-3H,14H2,(H,15,17). The summed E-state index contributed by atoms with van der Waals surface area (Å²) in [7, 11) is 0. The molecule has 9 heteroatoms. The van der Waals surface area contributed by atoms with Crippen molar-refractivity contribution in [3.05, 3.63) is 28.2 Å². The SMILES string of the molecule is Nc1ccc(Cl)c(Nc2nnc(C(F)(F)F)s2)c1. The van der Waals surface area contributed by atoms with E-state index in [4.69, 9.17) is 17.3 Å². The van der Waals surface area contributed by atoms with Gasteiger partial charge in [-0.2, -0.15) is 13.2 Å². The summed E-state index contributed by atoms with van der Waals surface area (Å²) >= 11 is 6.25. The number of anilines is 3. The van der Waals surface area contributed by atoms with Crippen LogP contribution in [0.2, 0.25) is 5.02 Å². The molecule has 4 nitrogen and oxygen atoms in total. The Kier molecular flexibility index (Phi) is 3.31. The first-order chi connectivity index (χ1) is 8.36. The van der Waals surface area contributed by atoms with Gasteiger partial charge in [-0.25, -0.2) is 0 Å². The van der Waals surface area contributed by atoms with Crippen molar-refractivity contribution in [2.75, 3.05) is 11.1 Å². The van der Waals surface area contributed by atoms with Crippen molar-refractivity contribution in [3.63, 3.8) is 0 Å². The molecule has 0 bridgehead atoms. The van der Waals surface area contributed by atoms with Gasteiger partial charge >= 0.3 is 6.18 Å². The van der Waals surface area contributed by atoms with Crippen LogP contribution in [0.4, 0.5) is 29.7 Å². The Hall–Kier alpha value is -1.54. The summed E-state index contributed by atoms with van der Waals surface area (Å²) in [6.45, 7) is 0. The van der Waals surface area contributed by atoms with Crippen LogP contribution in [0.5, 0.6) is 0 Å². The quantitative estimate of drug-likeness (QED) is 0.832. The summed E-state index contributed by atoms with van der Waals surface area (Å²) in [4.78, 5) is 0. The summed E-state index contributed by atoms with van der Waals surface area (Å²) < 4.78 is 37.0. The fourth-order valence-corrected chi connectivity index (χ4v) is 1.93. The van der Waals surface area contributed by atoms with Crippen molar-refractivity contribution in [2.24, 2.45) is 0 Å². The van der Waals surface area contributed by atoms with Crippen LogP contribution in [0.15, 0.2) is 18.2 Å². The molecule has 0 radical (unpaired) electrons. The molecule has 0 amide bonds. The van der Waals surface area contributed by atoms with Gasteiger partial charge in [-0.15, -0.1) is 10.2 Å². The third-order valence-corrected chi connectivity index (χ3v) is 3.11. The molecule has 2 rings (SSSR count). The van der Waals surface area contributed by atoms with E-state index in [1.54, 1.807) is 6.07 Å². The van der Waals surface area contributed by atoms with Crippen LogP contribution in [0.1, 0.15) is 5.01 Å². The number of rotatable bonds is 2. The number of hydrogen-bond acceptors (Lipinski definition) is 5. The monoisotopic (exact) mass is 294 g/mol. The normalized spacial score (nSPS) is 11.6. The Labute approximate surface area is 109 Å². The zero-order valence-corrected chi connectivity index (χ0v) is 10.2. The largest absolute Gasteiger partial charge is 0.445 e. The van der Waals surface area contributed by atoms with Gasteiger partial charge in [0.15, 0.2) is 0 Å². The van der Waals surface area contributed by atoms with E-state index in [0.29, 0.717) is 27.7 Å². The van der Waals surface area contributed by atoms with E-state index in [0.717, 1.165) is 0 Å². The van der Waals surface area contributed by atoms with Crippen molar-refractivity contribution in [1.29, 1.82) is 0 Å². The number of alkyl halides is 3. The molecule has 1 aromatic carbocycles. The molecule has 3 N–H and O–H groups in total. The molecule has 0 aliphatic carbocycles. The van der Waals surface area contributed by atoms with Gasteiger partial charge in [-0.1, -0.05) is 22.9 Å². The van der Waals surface area contributed by atoms with Gasteiger partial charge in [0.1, 0.15) is 0 Å². The van der Waals surface area contributed by atoms with Gasteiger partial charge < -0.3 is 11.1 Å². The average Bonchev–Trinajstić information content (AvgIpc) is 2.71. The summed E-state index contributed by atoms with van der Waals surface area (Å²) in [5.74, 6) is 0. The van der Waals surface area contributed by atoms with Gasteiger partial charge in [-0.3, -0.25) is 0 Å². The molecule has 0 fully saturated rings. The van der Waals surface area contributed by atoms with Crippen LogP contribution in [0, 0.1) is 0 Å². The van der Waals surface area contributed by atoms with Crippen molar-refractivity contribution >= 4 is 39.4 Å². The summed E-state index contributed by atoms with van der Waals surface area (Å²) in [6, 6.07) is 4.61. The van der Waals surface area contributed by atoms with Gasteiger partial charge in [-0.05, 0) is 18.2 Å². The minimum absolute atomic E-state index is 0.00479. The molecule has 2 aromatic rings. The highest BCUT2D eigenvalue weighted by atomic mass is 35.5. The lowest BCUT2D eigenvalue weighted by atomic mass is 10.3. The van der Waals surface area contributed by atoms with Crippen molar-refractivity contribution in [2.45, 2.75) is 6.18 Å². The Bertz CT molecular complexity index is 569. The number of benzene rings is 1. The number of hydrogen-bond donors (Lipinski definition) is 2. The first-order valence-corrected chi connectivity index (χ1v) is 5.78. The topological polar surface area (TPSA) is 63.8 Å². The zero-order valence-electron chi connectivity index (χ0n) is 8.62. The van der Waals surface area contributed by atoms with E-state index in [1.807, 2.05) is 0 Å².